The van der Waals surface area contributed by atoms with Crippen LogP contribution in [0.5, 0.6) is 0 Å². The molecule has 0 saturated carbocycles. The Labute approximate surface area is 133 Å². The smallest absolute Gasteiger partial charge is 0.0595 e. The lowest BCUT2D eigenvalue weighted by Gasteiger charge is -2.09. The molecule has 94 valence electrons. The van der Waals surface area contributed by atoms with Gasteiger partial charge in [-0.15, -0.1) is 0 Å². The quantitative estimate of drug-likeness (QED) is 0.642. The van der Waals surface area contributed by atoms with Crippen molar-refractivity contribution < 1.29 is 0 Å². The Bertz CT molecular complexity index is 573. The summed E-state index contributed by atoms with van der Waals surface area (Å²) >= 11 is 18.8. The topological polar surface area (TPSA) is 12.0 Å². The van der Waals surface area contributed by atoms with Crippen molar-refractivity contribution in [2.75, 3.05) is 5.32 Å². The largest absolute Gasteiger partial charge is 0.380 e. The summed E-state index contributed by atoms with van der Waals surface area (Å²) in [5, 5.41) is 4.48. The van der Waals surface area contributed by atoms with Crippen LogP contribution < -0.4 is 5.32 Å². The van der Waals surface area contributed by atoms with Gasteiger partial charge in [-0.05, 0) is 51.8 Å². The van der Waals surface area contributed by atoms with Gasteiger partial charge in [-0.3, -0.25) is 0 Å². The molecule has 0 bridgehead atoms. The standard InChI is InChI=1S/C13H9Br2Cl2N/c14-9-2-3-10(15)13(6-9)18-7-8-1-4-11(16)12(17)5-8/h1-6,18H,7H2. The van der Waals surface area contributed by atoms with E-state index >= 15 is 0 Å². The summed E-state index contributed by atoms with van der Waals surface area (Å²) in [5.41, 5.74) is 2.10. The lowest BCUT2D eigenvalue weighted by Crippen LogP contribution is -2.00. The first-order valence-corrected chi connectivity index (χ1v) is 7.53. The van der Waals surface area contributed by atoms with Gasteiger partial charge in [0.2, 0.25) is 0 Å². The highest BCUT2D eigenvalue weighted by Gasteiger charge is 2.02. The molecule has 0 unspecified atom stereocenters. The van der Waals surface area contributed by atoms with Gasteiger partial charge in [0.1, 0.15) is 0 Å². The Balaban J connectivity index is 2.11. The van der Waals surface area contributed by atoms with Gasteiger partial charge >= 0.3 is 0 Å². The normalized spacial score (nSPS) is 10.4. The predicted octanol–water partition coefficient (Wildman–Crippen LogP) is 6.13. The second kappa shape index (κ2) is 6.29. The van der Waals surface area contributed by atoms with E-state index in [2.05, 4.69) is 37.2 Å². The van der Waals surface area contributed by atoms with Crippen molar-refractivity contribution in [3.05, 3.63) is 61.0 Å². The van der Waals surface area contributed by atoms with Crippen LogP contribution in [0.2, 0.25) is 10.0 Å². The molecule has 2 rings (SSSR count). The van der Waals surface area contributed by atoms with Crippen LogP contribution in [0.3, 0.4) is 0 Å². The van der Waals surface area contributed by atoms with Crippen molar-refractivity contribution >= 4 is 60.7 Å². The van der Waals surface area contributed by atoms with E-state index in [9.17, 15) is 0 Å². The SMILES string of the molecule is Clc1ccc(CNc2cc(Br)ccc2Br)cc1Cl. The number of halogens is 4. The molecule has 2 aromatic carbocycles. The third-order valence-electron chi connectivity index (χ3n) is 2.40. The molecule has 0 aliphatic rings. The number of anilines is 1. The lowest BCUT2D eigenvalue weighted by molar-refractivity contribution is 1.14. The molecule has 0 aromatic heterocycles. The molecular formula is C13H9Br2Cl2N. The van der Waals surface area contributed by atoms with E-state index in [1.54, 1.807) is 6.07 Å². The van der Waals surface area contributed by atoms with Crippen LogP contribution in [0, 0.1) is 0 Å². The summed E-state index contributed by atoms with van der Waals surface area (Å²) in [5.74, 6) is 0. The summed E-state index contributed by atoms with van der Waals surface area (Å²) < 4.78 is 2.05. The fourth-order valence-electron chi connectivity index (χ4n) is 1.48. The van der Waals surface area contributed by atoms with Gasteiger partial charge in [0.25, 0.3) is 0 Å². The van der Waals surface area contributed by atoms with Crippen LogP contribution >= 0.6 is 55.1 Å². The average Bonchev–Trinajstić information content (AvgIpc) is 2.34. The van der Waals surface area contributed by atoms with E-state index in [4.69, 9.17) is 23.2 Å². The van der Waals surface area contributed by atoms with Crippen molar-refractivity contribution in [2.45, 2.75) is 6.54 Å². The zero-order valence-electron chi connectivity index (χ0n) is 9.18. The Morgan fingerprint density at radius 2 is 1.72 bits per heavy atom. The van der Waals surface area contributed by atoms with Crippen LogP contribution in [0.25, 0.3) is 0 Å². The maximum absolute atomic E-state index is 5.98. The molecule has 18 heavy (non-hydrogen) atoms. The number of hydrogen-bond donors (Lipinski definition) is 1. The molecule has 0 amide bonds. The summed E-state index contributed by atoms with van der Waals surface area (Å²) in [6.07, 6.45) is 0. The zero-order chi connectivity index (χ0) is 13.1. The van der Waals surface area contributed by atoms with Gasteiger partial charge in [-0.1, -0.05) is 45.2 Å². The fraction of sp³-hybridized carbons (Fsp3) is 0.0769. The van der Waals surface area contributed by atoms with E-state index in [1.807, 2.05) is 30.3 Å². The highest BCUT2D eigenvalue weighted by Crippen LogP contribution is 2.27. The van der Waals surface area contributed by atoms with Gasteiger partial charge < -0.3 is 5.32 Å². The first-order valence-electron chi connectivity index (χ1n) is 5.19. The molecule has 0 atom stereocenters. The zero-order valence-corrected chi connectivity index (χ0v) is 13.9. The minimum absolute atomic E-state index is 0.573. The molecule has 2 aromatic rings. The molecule has 0 saturated heterocycles. The van der Waals surface area contributed by atoms with Crippen molar-refractivity contribution in [1.82, 2.24) is 0 Å². The average molecular weight is 410 g/mol. The van der Waals surface area contributed by atoms with E-state index in [-0.39, 0.29) is 0 Å². The van der Waals surface area contributed by atoms with Crippen molar-refractivity contribution in [3.8, 4) is 0 Å². The van der Waals surface area contributed by atoms with Crippen molar-refractivity contribution in [2.24, 2.45) is 0 Å². The molecule has 0 radical (unpaired) electrons. The molecule has 0 heterocycles. The maximum Gasteiger partial charge on any atom is 0.0595 e. The highest BCUT2D eigenvalue weighted by atomic mass is 79.9. The Morgan fingerprint density at radius 3 is 2.44 bits per heavy atom. The van der Waals surface area contributed by atoms with Gasteiger partial charge in [-0.25, -0.2) is 0 Å². The predicted molar refractivity (Wildman–Crippen MR) is 85.6 cm³/mol. The second-order valence-corrected chi connectivity index (χ2v) is 6.31. The summed E-state index contributed by atoms with van der Waals surface area (Å²) in [6.45, 7) is 0.686. The summed E-state index contributed by atoms with van der Waals surface area (Å²) in [7, 11) is 0. The number of benzene rings is 2. The Hall–Kier alpha value is -0.220. The van der Waals surface area contributed by atoms with Crippen LogP contribution in [-0.2, 0) is 6.54 Å². The highest BCUT2D eigenvalue weighted by molar-refractivity contribution is 9.11. The third kappa shape index (κ3) is 3.64. The van der Waals surface area contributed by atoms with Crippen LogP contribution in [0.1, 0.15) is 5.56 Å². The first kappa shape index (κ1) is 14.2. The van der Waals surface area contributed by atoms with E-state index in [0.717, 1.165) is 20.2 Å². The molecule has 0 aliphatic carbocycles. The maximum atomic E-state index is 5.98. The van der Waals surface area contributed by atoms with Gasteiger partial charge in [0.15, 0.2) is 0 Å². The minimum Gasteiger partial charge on any atom is -0.380 e. The first-order chi connectivity index (χ1) is 8.56. The summed E-state index contributed by atoms with van der Waals surface area (Å²) in [6, 6.07) is 11.6. The monoisotopic (exact) mass is 407 g/mol. The van der Waals surface area contributed by atoms with Gasteiger partial charge in [0, 0.05) is 21.2 Å². The number of rotatable bonds is 3. The van der Waals surface area contributed by atoms with Crippen molar-refractivity contribution in [1.29, 1.82) is 0 Å². The molecule has 5 heteroatoms. The number of nitrogens with one attached hydrogen (secondary N) is 1. The lowest BCUT2D eigenvalue weighted by atomic mass is 10.2. The van der Waals surface area contributed by atoms with Crippen molar-refractivity contribution in [3.63, 3.8) is 0 Å². The molecular weight excluding hydrogens is 401 g/mol. The van der Waals surface area contributed by atoms with Crippen LogP contribution in [-0.4, -0.2) is 0 Å². The molecule has 0 aliphatic heterocycles. The Morgan fingerprint density at radius 1 is 0.944 bits per heavy atom. The van der Waals surface area contributed by atoms with Gasteiger partial charge in [-0.2, -0.15) is 0 Å². The van der Waals surface area contributed by atoms with E-state index in [0.29, 0.717) is 16.6 Å². The molecule has 0 fully saturated rings. The van der Waals surface area contributed by atoms with E-state index < -0.39 is 0 Å². The minimum atomic E-state index is 0.573. The summed E-state index contributed by atoms with van der Waals surface area (Å²) in [4.78, 5) is 0. The van der Waals surface area contributed by atoms with E-state index in [1.165, 1.54) is 0 Å². The molecule has 0 spiro atoms. The number of hydrogen-bond acceptors (Lipinski definition) is 1. The third-order valence-corrected chi connectivity index (χ3v) is 4.32. The fourth-order valence-corrected chi connectivity index (χ4v) is 2.55. The second-order valence-electron chi connectivity index (χ2n) is 3.73. The van der Waals surface area contributed by atoms with Gasteiger partial charge in [0.05, 0.1) is 10.0 Å². The molecule has 1 nitrogen and oxygen atoms in total. The van der Waals surface area contributed by atoms with Crippen LogP contribution in [0.15, 0.2) is 45.3 Å². The Kier molecular flexibility index (Phi) is 4.96. The molecule has 1 N–H and O–H groups in total. The van der Waals surface area contributed by atoms with Crippen LogP contribution in [0.4, 0.5) is 5.69 Å².